The number of benzene rings is 4. The molecule has 4 aromatic rings. The van der Waals surface area contributed by atoms with Gasteiger partial charge in [0.15, 0.2) is 0 Å². The fourth-order valence-electron chi connectivity index (χ4n) is 12.1. The predicted octanol–water partition coefficient (Wildman–Crippen LogP) is 19.8. The van der Waals surface area contributed by atoms with E-state index in [0.717, 1.165) is 26.2 Å². The van der Waals surface area contributed by atoms with Crippen molar-refractivity contribution in [1.82, 2.24) is 0 Å². The molecule has 0 N–H and O–H groups in total. The summed E-state index contributed by atoms with van der Waals surface area (Å²) in [6, 6.07) is 42.7. The summed E-state index contributed by atoms with van der Waals surface area (Å²) in [6.07, 6.45) is 44.3. The summed E-state index contributed by atoms with van der Waals surface area (Å²) in [6.45, 7) is 13.2. The third kappa shape index (κ3) is 26.8. The molecule has 0 aromatic heterocycles. The van der Waals surface area contributed by atoms with Gasteiger partial charge in [-0.05, 0) is 97.9 Å². The Morgan fingerprint density at radius 3 is 0.659 bits per heavy atom. The molecule has 10 heteroatoms. The Bertz CT molecular complexity index is 1990. The largest absolute Gasteiger partial charge is 2.00 e. The Hall–Kier alpha value is -4.20. The van der Waals surface area contributed by atoms with Gasteiger partial charge in [-0.25, -0.2) is 0 Å². The van der Waals surface area contributed by atoms with Gasteiger partial charge in [0.05, 0.1) is 22.7 Å². The van der Waals surface area contributed by atoms with Gasteiger partial charge in [-0.15, -0.1) is 0 Å². The third-order valence-corrected chi connectivity index (χ3v) is 17.1. The van der Waals surface area contributed by atoms with Crippen LogP contribution in [0.1, 0.15) is 207 Å². The number of hydrazone groups is 4. The minimum Gasteiger partial charge on any atom is -0.316 e. The van der Waals surface area contributed by atoms with Crippen LogP contribution in [0, 0.1) is 47.3 Å². The van der Waals surface area contributed by atoms with E-state index in [0.29, 0.717) is 23.7 Å². The van der Waals surface area contributed by atoms with Crippen LogP contribution in [-0.2, 0) is 34.1 Å². The minimum atomic E-state index is 0. The molecule has 0 amide bonds. The molecule has 0 bridgehead atoms. The molecule has 0 radical (unpaired) electrons. The number of hydrogen-bond donors (Lipinski definition) is 0. The zero-order chi connectivity index (χ0) is 55.7. The SMILES string of the molecule is C[C-]1CCC(/C=N/N(CCCCCCCCCCN(/N=C/C2CC[C-](C)C2)c2ccccc2)c2ccccc2)C1.C[C-]1CCC(/C=N/N(CCCCCCCCCCN(/N=C/C2CC[C-](C)C2)c2ccccc2)c2ccccc2)C1.[Fe+2].[Fe+2]. The summed E-state index contributed by atoms with van der Waals surface area (Å²) >= 11 is 0. The molecule has 4 atom stereocenters. The van der Waals surface area contributed by atoms with Gasteiger partial charge in [0.2, 0.25) is 0 Å². The Morgan fingerprint density at radius 1 is 0.305 bits per heavy atom. The average Bonchev–Trinajstić information content (AvgIpc) is 4.33. The first-order chi connectivity index (χ1) is 39.3. The number of unbranched alkanes of at least 4 members (excludes halogenated alkanes) is 14. The molecule has 8 nitrogen and oxygen atoms in total. The van der Waals surface area contributed by atoms with Gasteiger partial charge in [0.1, 0.15) is 0 Å². The number of nitrogens with zero attached hydrogens (tertiary/aromatic N) is 8. The molecule has 4 saturated carbocycles. The monoisotopic (exact) mass is 1190 g/mol. The minimum absolute atomic E-state index is 0. The van der Waals surface area contributed by atoms with E-state index in [1.54, 1.807) is 23.7 Å². The summed E-state index contributed by atoms with van der Waals surface area (Å²) in [7, 11) is 0. The predicted molar refractivity (Wildman–Crippen MR) is 348 cm³/mol. The van der Waals surface area contributed by atoms with Crippen LogP contribution >= 0.6 is 0 Å². The first kappa shape index (κ1) is 68.6. The Kier molecular flexibility index (Phi) is 34.3. The van der Waals surface area contributed by atoms with Crippen molar-refractivity contribution < 1.29 is 34.1 Å². The smallest absolute Gasteiger partial charge is 0.316 e. The molecule has 4 fully saturated rings. The average molecular weight is 1190 g/mol. The molecule has 4 aliphatic rings. The van der Waals surface area contributed by atoms with Gasteiger partial charge in [0.25, 0.3) is 0 Å². The standard InChI is InChI=1S/2C36H52N4.2Fe/c2*1-31-21-23-33(27-31)29-37-39(35-17-11-9-12-18-35)25-15-7-5-3-4-6-8-16-26-40(36-19-13-10-14-20-36)38-30-34-24-22-32(2)28-34;;/h2*9-14,17-20,29-30,33-34H,3-8,15-16,21-28H2,1-2H3;;/q2*-2;2*+2/b2*37-29+,38-30+;;. The summed E-state index contributed by atoms with van der Waals surface area (Å²) in [5.74, 6) is 8.97. The molecule has 0 aliphatic heterocycles. The fourth-order valence-corrected chi connectivity index (χ4v) is 12.1. The Labute approximate surface area is 521 Å². The second kappa shape index (κ2) is 41.0. The van der Waals surface area contributed by atoms with Gasteiger partial charge < -0.3 is 23.7 Å². The maximum absolute atomic E-state index is 4.93. The molecule has 4 aliphatic carbocycles. The van der Waals surface area contributed by atoms with Crippen molar-refractivity contribution in [2.45, 2.75) is 207 Å². The summed E-state index contributed by atoms with van der Waals surface area (Å²) in [4.78, 5) is 0. The molecule has 82 heavy (non-hydrogen) atoms. The molecule has 0 heterocycles. The topological polar surface area (TPSA) is 62.4 Å². The summed E-state index contributed by atoms with van der Waals surface area (Å²) in [5, 5.41) is 28.6. The fraction of sp³-hybridized carbons (Fsp3) is 0.556. The van der Waals surface area contributed by atoms with Gasteiger partial charge in [0, 0.05) is 51.0 Å². The van der Waals surface area contributed by atoms with E-state index in [4.69, 9.17) is 20.4 Å². The van der Waals surface area contributed by atoms with Gasteiger partial charge in [-0.2, -0.15) is 99.5 Å². The van der Waals surface area contributed by atoms with Crippen LogP contribution < -0.4 is 20.0 Å². The van der Waals surface area contributed by atoms with E-state index in [1.807, 2.05) is 0 Å². The van der Waals surface area contributed by atoms with Crippen molar-refractivity contribution >= 4 is 47.6 Å². The Balaban J connectivity index is 0.000000293. The maximum Gasteiger partial charge on any atom is 2.00 e. The Morgan fingerprint density at radius 2 is 0.488 bits per heavy atom. The molecule has 0 spiro atoms. The zero-order valence-electron chi connectivity index (χ0n) is 51.1. The van der Waals surface area contributed by atoms with E-state index < -0.39 is 0 Å². The first-order valence-corrected chi connectivity index (χ1v) is 32.1. The molecule has 8 rings (SSSR count). The van der Waals surface area contributed by atoms with E-state index in [2.05, 4.69) is 194 Å². The second-order valence-corrected chi connectivity index (χ2v) is 24.4. The van der Waals surface area contributed by atoms with Crippen molar-refractivity contribution in [3.05, 3.63) is 145 Å². The molecule has 4 aromatic carbocycles. The van der Waals surface area contributed by atoms with Gasteiger partial charge in [-0.1, -0.05) is 176 Å². The maximum atomic E-state index is 4.93. The van der Waals surface area contributed by atoms with E-state index in [9.17, 15) is 0 Å². The second-order valence-electron chi connectivity index (χ2n) is 24.4. The first-order valence-electron chi connectivity index (χ1n) is 32.1. The van der Waals surface area contributed by atoms with Crippen LogP contribution in [0.3, 0.4) is 0 Å². The molecule has 0 saturated heterocycles. The number of para-hydroxylation sites is 4. The molecule has 448 valence electrons. The van der Waals surface area contributed by atoms with Crippen LogP contribution in [0.25, 0.3) is 0 Å². The van der Waals surface area contributed by atoms with Crippen LogP contribution in [0.2, 0.25) is 0 Å². The van der Waals surface area contributed by atoms with E-state index >= 15 is 0 Å². The van der Waals surface area contributed by atoms with Crippen LogP contribution in [0.15, 0.2) is 142 Å². The summed E-state index contributed by atoms with van der Waals surface area (Å²) < 4.78 is 0. The van der Waals surface area contributed by atoms with Crippen molar-refractivity contribution in [3.8, 4) is 0 Å². The van der Waals surface area contributed by atoms with E-state index in [-0.39, 0.29) is 34.1 Å². The van der Waals surface area contributed by atoms with Gasteiger partial charge >= 0.3 is 34.1 Å². The normalized spacial score (nSPS) is 19.8. The number of anilines is 4. The quantitative estimate of drug-likeness (QED) is 0.0154. The van der Waals surface area contributed by atoms with Crippen molar-refractivity contribution in [2.75, 3.05) is 46.2 Å². The molecule has 4 unspecified atom stereocenters. The van der Waals surface area contributed by atoms with Gasteiger partial charge in [-0.3, -0.25) is 20.0 Å². The number of hydrogen-bond acceptors (Lipinski definition) is 8. The third-order valence-electron chi connectivity index (χ3n) is 17.1. The van der Waals surface area contributed by atoms with E-state index in [1.165, 1.54) is 203 Å². The summed E-state index contributed by atoms with van der Waals surface area (Å²) in [5.41, 5.74) is 4.84. The molecular formula is C72H104Fe2N8. The van der Waals surface area contributed by atoms with Crippen LogP contribution in [0.5, 0.6) is 0 Å². The van der Waals surface area contributed by atoms with Crippen LogP contribution in [0.4, 0.5) is 22.7 Å². The zero-order valence-corrected chi connectivity index (χ0v) is 53.3. The van der Waals surface area contributed by atoms with Crippen molar-refractivity contribution in [3.63, 3.8) is 0 Å². The van der Waals surface area contributed by atoms with Crippen molar-refractivity contribution in [2.24, 2.45) is 44.1 Å². The molecular weight excluding hydrogens is 1090 g/mol. The number of rotatable bonds is 34. The van der Waals surface area contributed by atoms with Crippen LogP contribution in [-0.4, -0.2) is 51.0 Å². The van der Waals surface area contributed by atoms with Crippen molar-refractivity contribution in [1.29, 1.82) is 0 Å².